The van der Waals surface area contributed by atoms with E-state index in [1.807, 2.05) is 49.6 Å². The Kier molecular flexibility index (Phi) is 7.93. The Labute approximate surface area is 205 Å². The summed E-state index contributed by atoms with van der Waals surface area (Å²) >= 11 is 1.53. The predicted octanol–water partition coefficient (Wildman–Crippen LogP) is 4.92. The monoisotopic (exact) mass is 473 g/mol. The Hall–Kier alpha value is -3.22. The van der Waals surface area contributed by atoms with Crippen LogP contribution in [0.3, 0.4) is 0 Å². The lowest BCUT2D eigenvalue weighted by atomic mass is 10.0. The van der Waals surface area contributed by atoms with Crippen LogP contribution in [-0.2, 0) is 11.3 Å². The molecule has 2 amide bonds. The van der Waals surface area contributed by atoms with Crippen LogP contribution in [0.5, 0.6) is 0 Å². The number of benzene rings is 2. The number of carbonyl (C=O) groups is 2. The van der Waals surface area contributed by atoms with Gasteiger partial charge in [-0.05, 0) is 73.0 Å². The molecule has 1 fully saturated rings. The van der Waals surface area contributed by atoms with Crippen molar-refractivity contribution < 1.29 is 9.59 Å². The number of thiophene rings is 1. The first kappa shape index (κ1) is 23.9. The van der Waals surface area contributed by atoms with Crippen LogP contribution in [0.15, 0.2) is 71.7 Å². The largest absolute Gasteiger partial charge is 0.348 e. The zero-order valence-electron chi connectivity index (χ0n) is 19.7. The number of carbonyl (C=O) groups excluding carboxylic acids is 2. The second kappa shape index (κ2) is 11.3. The highest BCUT2D eigenvalue weighted by Gasteiger charge is 2.23. The molecule has 3 aromatic rings. The molecule has 0 unspecified atom stereocenters. The molecule has 2 aromatic carbocycles. The Morgan fingerprint density at radius 1 is 1.00 bits per heavy atom. The van der Waals surface area contributed by atoms with Crippen molar-refractivity contribution in [3.05, 3.63) is 98.9 Å². The summed E-state index contributed by atoms with van der Waals surface area (Å²) in [7, 11) is 0. The number of nitrogens with zero attached hydrogens (tertiary/aromatic N) is 1. The summed E-state index contributed by atoms with van der Waals surface area (Å²) in [6, 6.07) is 20.0. The van der Waals surface area contributed by atoms with Gasteiger partial charge in [-0.3, -0.25) is 14.5 Å². The van der Waals surface area contributed by atoms with Crippen molar-refractivity contribution >= 4 is 29.2 Å². The zero-order valence-corrected chi connectivity index (χ0v) is 20.5. The number of amides is 2. The summed E-state index contributed by atoms with van der Waals surface area (Å²) in [4.78, 5) is 29.5. The van der Waals surface area contributed by atoms with Gasteiger partial charge in [0.15, 0.2) is 0 Å². The highest BCUT2D eigenvalue weighted by atomic mass is 32.1. The van der Waals surface area contributed by atoms with E-state index in [0.29, 0.717) is 5.56 Å². The first-order chi connectivity index (χ1) is 16.5. The summed E-state index contributed by atoms with van der Waals surface area (Å²) in [5.74, 6) is -0.522. The maximum Gasteiger partial charge on any atom is 0.268 e. The minimum absolute atomic E-state index is 0.0878. The number of hydrogen-bond donors (Lipinski definition) is 2. The molecular formula is C28H31N3O2S. The molecule has 1 aliphatic heterocycles. The lowest BCUT2D eigenvalue weighted by Gasteiger charge is -2.32. The standard InChI is InChI=1S/C28H31N3O2S/c1-20-10-11-23(17-21(20)2)27(32)30-26(18-25-9-6-16-34-25)28(33)29-24-12-14-31(15-13-24)19-22-7-4-3-5-8-22/h3-11,16-18,24H,12-15,19H2,1-2H3,(H,29,33)(H,30,32)/b26-18+. The van der Waals surface area contributed by atoms with Crippen LogP contribution in [0.25, 0.3) is 6.08 Å². The summed E-state index contributed by atoms with van der Waals surface area (Å²) in [5, 5.41) is 7.96. The molecule has 34 heavy (non-hydrogen) atoms. The van der Waals surface area contributed by atoms with E-state index in [1.54, 1.807) is 12.1 Å². The Bertz CT molecular complexity index is 1150. The molecule has 0 aliphatic carbocycles. The highest BCUT2D eigenvalue weighted by Crippen LogP contribution is 2.17. The average molecular weight is 474 g/mol. The van der Waals surface area contributed by atoms with Crippen molar-refractivity contribution in [1.82, 2.24) is 15.5 Å². The fourth-order valence-electron chi connectivity index (χ4n) is 4.09. The molecule has 0 spiro atoms. The molecule has 176 valence electrons. The molecule has 1 saturated heterocycles. The Balaban J connectivity index is 1.39. The van der Waals surface area contributed by atoms with E-state index >= 15 is 0 Å². The van der Waals surface area contributed by atoms with E-state index in [9.17, 15) is 9.59 Å². The maximum absolute atomic E-state index is 13.2. The Morgan fingerprint density at radius 2 is 1.76 bits per heavy atom. The van der Waals surface area contributed by atoms with Gasteiger partial charge < -0.3 is 10.6 Å². The molecule has 4 rings (SSSR count). The fraction of sp³-hybridized carbons (Fsp3) is 0.286. The van der Waals surface area contributed by atoms with Crippen molar-refractivity contribution in [3.8, 4) is 0 Å². The molecular weight excluding hydrogens is 442 g/mol. The van der Waals surface area contributed by atoms with Crippen LogP contribution in [-0.4, -0.2) is 35.8 Å². The van der Waals surface area contributed by atoms with Gasteiger partial charge in [-0.2, -0.15) is 0 Å². The van der Waals surface area contributed by atoms with Gasteiger partial charge in [0.05, 0.1) is 0 Å². The minimum atomic E-state index is -0.279. The summed E-state index contributed by atoms with van der Waals surface area (Å²) in [5.41, 5.74) is 4.30. The second-order valence-corrected chi connectivity index (χ2v) is 9.82. The molecule has 0 atom stereocenters. The van der Waals surface area contributed by atoms with Crippen molar-refractivity contribution in [2.75, 3.05) is 13.1 Å². The number of aryl methyl sites for hydroxylation is 2. The van der Waals surface area contributed by atoms with E-state index in [-0.39, 0.29) is 23.6 Å². The number of rotatable bonds is 7. The normalized spacial score (nSPS) is 15.2. The smallest absolute Gasteiger partial charge is 0.268 e. The summed E-state index contributed by atoms with van der Waals surface area (Å²) in [6.45, 7) is 6.78. The number of piperidine rings is 1. The molecule has 2 N–H and O–H groups in total. The van der Waals surface area contributed by atoms with E-state index in [4.69, 9.17) is 0 Å². The van der Waals surface area contributed by atoms with E-state index in [2.05, 4.69) is 39.8 Å². The first-order valence-electron chi connectivity index (χ1n) is 11.7. The molecule has 1 aliphatic rings. The van der Waals surface area contributed by atoms with E-state index < -0.39 is 0 Å². The van der Waals surface area contributed by atoms with Crippen molar-refractivity contribution in [2.45, 2.75) is 39.3 Å². The average Bonchev–Trinajstić information content (AvgIpc) is 3.35. The van der Waals surface area contributed by atoms with Crippen molar-refractivity contribution in [2.24, 2.45) is 0 Å². The molecule has 6 heteroatoms. The van der Waals surface area contributed by atoms with Gasteiger partial charge in [-0.25, -0.2) is 0 Å². The van der Waals surface area contributed by atoms with Gasteiger partial charge in [-0.15, -0.1) is 11.3 Å². The van der Waals surface area contributed by atoms with Gasteiger partial charge in [-0.1, -0.05) is 42.5 Å². The third-order valence-corrected chi connectivity index (χ3v) is 7.08. The van der Waals surface area contributed by atoms with Gasteiger partial charge in [0, 0.05) is 36.1 Å². The third-order valence-electron chi connectivity index (χ3n) is 6.26. The lowest BCUT2D eigenvalue weighted by Crippen LogP contribution is -2.46. The van der Waals surface area contributed by atoms with Crippen LogP contribution in [0.1, 0.15) is 44.8 Å². The van der Waals surface area contributed by atoms with Gasteiger partial charge in [0.25, 0.3) is 11.8 Å². The van der Waals surface area contributed by atoms with E-state index in [1.165, 1.54) is 16.9 Å². The fourth-order valence-corrected chi connectivity index (χ4v) is 4.75. The molecule has 5 nitrogen and oxygen atoms in total. The topological polar surface area (TPSA) is 61.4 Å². The van der Waals surface area contributed by atoms with Crippen LogP contribution in [0, 0.1) is 13.8 Å². The second-order valence-electron chi connectivity index (χ2n) is 8.84. The molecule has 0 radical (unpaired) electrons. The van der Waals surface area contributed by atoms with Crippen LogP contribution in [0.4, 0.5) is 0 Å². The van der Waals surface area contributed by atoms with Crippen molar-refractivity contribution in [3.63, 3.8) is 0 Å². The summed E-state index contributed by atoms with van der Waals surface area (Å²) in [6.07, 6.45) is 3.52. The number of hydrogen-bond acceptors (Lipinski definition) is 4. The van der Waals surface area contributed by atoms with Crippen LogP contribution >= 0.6 is 11.3 Å². The van der Waals surface area contributed by atoms with Gasteiger partial charge in [0.1, 0.15) is 5.70 Å². The molecule has 1 aromatic heterocycles. The lowest BCUT2D eigenvalue weighted by molar-refractivity contribution is -0.118. The van der Waals surface area contributed by atoms with Crippen molar-refractivity contribution in [1.29, 1.82) is 0 Å². The van der Waals surface area contributed by atoms with Gasteiger partial charge >= 0.3 is 0 Å². The minimum Gasteiger partial charge on any atom is -0.348 e. The first-order valence-corrected chi connectivity index (χ1v) is 12.6. The number of nitrogens with one attached hydrogen (secondary N) is 2. The molecule has 0 saturated carbocycles. The number of likely N-dealkylation sites (tertiary alicyclic amines) is 1. The SMILES string of the molecule is Cc1ccc(C(=O)N/C(=C/c2cccs2)C(=O)NC2CCN(Cc3ccccc3)CC2)cc1C. The predicted molar refractivity (Wildman–Crippen MR) is 139 cm³/mol. The quantitative estimate of drug-likeness (QED) is 0.479. The zero-order chi connectivity index (χ0) is 23.9. The van der Waals surface area contributed by atoms with Crippen LogP contribution in [0.2, 0.25) is 0 Å². The third kappa shape index (κ3) is 6.43. The maximum atomic E-state index is 13.2. The molecule has 0 bridgehead atoms. The highest BCUT2D eigenvalue weighted by molar-refractivity contribution is 7.10. The van der Waals surface area contributed by atoms with E-state index in [0.717, 1.165) is 48.5 Å². The Morgan fingerprint density at radius 3 is 2.44 bits per heavy atom. The van der Waals surface area contributed by atoms with Gasteiger partial charge in [0.2, 0.25) is 0 Å². The summed E-state index contributed by atoms with van der Waals surface area (Å²) < 4.78 is 0. The molecule has 2 heterocycles. The van der Waals surface area contributed by atoms with Crippen LogP contribution < -0.4 is 10.6 Å².